The molecule has 4 aliphatic carbocycles. The summed E-state index contributed by atoms with van der Waals surface area (Å²) in [5.74, 6) is 2.02. The van der Waals surface area contributed by atoms with Crippen molar-refractivity contribution in [1.29, 1.82) is 0 Å². The van der Waals surface area contributed by atoms with E-state index in [-0.39, 0.29) is 28.9 Å². The van der Waals surface area contributed by atoms with Crippen molar-refractivity contribution in [3.8, 4) is 0 Å². The van der Waals surface area contributed by atoms with Gasteiger partial charge in [-0.05, 0) is 111 Å². The van der Waals surface area contributed by atoms with Gasteiger partial charge in [0.2, 0.25) is 5.91 Å². The quantitative estimate of drug-likeness (QED) is 0.296. The Morgan fingerprint density at radius 3 is 2.35 bits per heavy atom. The first-order valence-electron chi connectivity index (χ1n) is 13.6. The van der Waals surface area contributed by atoms with Crippen molar-refractivity contribution < 1.29 is 25.0 Å². The second-order valence-corrected chi connectivity index (χ2v) is 12.7. The number of hydrogen-bond donors (Lipinski definition) is 5. The molecule has 11 atom stereocenters. The molecule has 0 bridgehead atoms. The summed E-state index contributed by atoms with van der Waals surface area (Å²) in [5, 5.41) is 33.0. The summed E-state index contributed by atoms with van der Waals surface area (Å²) in [4.78, 5) is 23.8. The van der Waals surface area contributed by atoms with E-state index in [1.54, 1.807) is 12.4 Å². The zero-order valence-electron chi connectivity index (χ0n) is 21.4. The van der Waals surface area contributed by atoms with Crippen LogP contribution in [0.3, 0.4) is 0 Å². The van der Waals surface area contributed by atoms with Gasteiger partial charge in [0.1, 0.15) is 6.04 Å². The molecule has 0 aromatic heterocycles. The SMILES string of the molecule is CC(NC(=O)CC[C@@H](C)C1CCC2[C@H]3C(CC[C@@]21C)C1(C)CC[C@@H](O)CC1C[C@@H]3O)C(=O)NO. The predicted molar refractivity (Wildman–Crippen MR) is 129 cm³/mol. The molecular weight excluding hydrogens is 432 g/mol. The molecule has 0 aromatic carbocycles. The Labute approximate surface area is 204 Å². The molecule has 5 N–H and O–H groups in total. The average Bonchev–Trinajstić information content (AvgIpc) is 3.15. The van der Waals surface area contributed by atoms with E-state index in [2.05, 4.69) is 26.1 Å². The standard InChI is InChI=1S/C27H46N2O5/c1-15(5-8-23(32)28-16(2)25(33)29-34)19-6-7-20-24-21(10-12-27(19,20)4)26(3)11-9-18(30)13-17(26)14-22(24)31/h15-22,24,30-31,34H,5-14H2,1-4H3,(H,28,32)(H,29,33)/t15-,16?,17?,18-,19?,20?,21?,22+,24+,26?,27-/m1/s1. The van der Waals surface area contributed by atoms with Crippen LogP contribution in [0.15, 0.2) is 0 Å². The van der Waals surface area contributed by atoms with Crippen LogP contribution in [0, 0.1) is 46.3 Å². The van der Waals surface area contributed by atoms with Gasteiger partial charge in [0.25, 0.3) is 5.91 Å². The third kappa shape index (κ3) is 4.41. The minimum absolute atomic E-state index is 0.160. The summed E-state index contributed by atoms with van der Waals surface area (Å²) in [6, 6.07) is -0.754. The van der Waals surface area contributed by atoms with Crippen molar-refractivity contribution >= 4 is 11.8 Å². The molecule has 4 rings (SSSR count). The van der Waals surface area contributed by atoms with Crippen molar-refractivity contribution in [3.63, 3.8) is 0 Å². The van der Waals surface area contributed by atoms with E-state index in [1.165, 1.54) is 6.42 Å². The van der Waals surface area contributed by atoms with E-state index in [0.29, 0.717) is 41.9 Å². The molecule has 7 heteroatoms. The average molecular weight is 479 g/mol. The Morgan fingerprint density at radius 2 is 1.65 bits per heavy atom. The molecule has 4 fully saturated rings. The Kier molecular flexibility index (Phi) is 7.39. The van der Waals surface area contributed by atoms with Crippen molar-refractivity contribution in [1.82, 2.24) is 10.8 Å². The fraction of sp³-hybridized carbons (Fsp3) is 0.926. The second-order valence-electron chi connectivity index (χ2n) is 12.7. The molecule has 4 saturated carbocycles. The molecule has 6 unspecified atom stereocenters. The van der Waals surface area contributed by atoms with Crippen LogP contribution in [0.4, 0.5) is 0 Å². The summed E-state index contributed by atoms with van der Waals surface area (Å²) < 4.78 is 0. The minimum Gasteiger partial charge on any atom is -0.393 e. The summed E-state index contributed by atoms with van der Waals surface area (Å²) in [6.45, 7) is 8.71. The lowest BCUT2D eigenvalue weighted by atomic mass is 9.43. The second kappa shape index (κ2) is 9.70. The van der Waals surface area contributed by atoms with E-state index in [1.807, 2.05) is 0 Å². The van der Waals surface area contributed by atoms with Crippen LogP contribution in [0.1, 0.15) is 91.9 Å². The minimum atomic E-state index is -0.754. The molecule has 34 heavy (non-hydrogen) atoms. The maximum Gasteiger partial charge on any atom is 0.265 e. The lowest BCUT2D eigenvalue weighted by Gasteiger charge is -2.62. The van der Waals surface area contributed by atoms with Gasteiger partial charge >= 0.3 is 0 Å². The molecule has 0 heterocycles. The molecular formula is C27H46N2O5. The molecule has 0 spiro atoms. The van der Waals surface area contributed by atoms with Crippen molar-refractivity contribution in [2.75, 3.05) is 0 Å². The maximum atomic E-state index is 12.4. The van der Waals surface area contributed by atoms with Gasteiger partial charge in [-0.15, -0.1) is 0 Å². The van der Waals surface area contributed by atoms with E-state index in [9.17, 15) is 19.8 Å². The highest BCUT2D eigenvalue weighted by Gasteiger charge is 2.62. The molecule has 0 aliphatic heterocycles. The molecule has 0 radical (unpaired) electrons. The van der Waals surface area contributed by atoms with Crippen LogP contribution in [0.2, 0.25) is 0 Å². The highest BCUT2D eigenvalue weighted by molar-refractivity contribution is 5.86. The first-order valence-corrected chi connectivity index (χ1v) is 13.6. The number of aliphatic hydroxyl groups excluding tert-OH is 2. The highest BCUT2D eigenvalue weighted by Crippen LogP contribution is 2.68. The van der Waals surface area contributed by atoms with Crippen LogP contribution >= 0.6 is 0 Å². The number of rotatable bonds is 6. The van der Waals surface area contributed by atoms with E-state index in [4.69, 9.17) is 5.21 Å². The van der Waals surface area contributed by atoms with Crippen molar-refractivity contribution in [2.45, 2.75) is 110 Å². The highest BCUT2D eigenvalue weighted by atomic mass is 16.5. The molecule has 7 nitrogen and oxygen atoms in total. The van der Waals surface area contributed by atoms with E-state index in [0.717, 1.165) is 51.4 Å². The van der Waals surface area contributed by atoms with E-state index >= 15 is 0 Å². The Balaban J connectivity index is 1.41. The van der Waals surface area contributed by atoms with Crippen molar-refractivity contribution in [2.24, 2.45) is 46.3 Å². The molecule has 2 amide bonds. The zero-order chi connectivity index (χ0) is 24.8. The summed E-state index contributed by atoms with van der Waals surface area (Å²) in [6.07, 6.45) is 9.00. The molecule has 4 aliphatic rings. The van der Waals surface area contributed by atoms with Gasteiger partial charge in [-0.3, -0.25) is 14.8 Å². The van der Waals surface area contributed by atoms with Gasteiger partial charge in [0, 0.05) is 6.42 Å². The van der Waals surface area contributed by atoms with Gasteiger partial charge in [-0.1, -0.05) is 20.8 Å². The van der Waals surface area contributed by atoms with Gasteiger partial charge in [-0.25, -0.2) is 5.48 Å². The largest absolute Gasteiger partial charge is 0.393 e. The normalized spacial score (nSPS) is 45.3. The van der Waals surface area contributed by atoms with Gasteiger partial charge in [0.15, 0.2) is 0 Å². The number of nitrogens with one attached hydrogen (secondary N) is 2. The Hall–Kier alpha value is -1.18. The smallest absolute Gasteiger partial charge is 0.265 e. The zero-order valence-corrected chi connectivity index (χ0v) is 21.4. The summed E-state index contributed by atoms with van der Waals surface area (Å²) >= 11 is 0. The van der Waals surface area contributed by atoms with Gasteiger partial charge in [0.05, 0.1) is 12.2 Å². The predicted octanol–water partition coefficient (Wildman–Crippen LogP) is 3.40. The van der Waals surface area contributed by atoms with Crippen LogP contribution in [-0.2, 0) is 9.59 Å². The summed E-state index contributed by atoms with van der Waals surface area (Å²) in [5.41, 5.74) is 2.01. The molecule has 0 aromatic rings. The number of amides is 2. The van der Waals surface area contributed by atoms with Gasteiger partial charge < -0.3 is 15.5 Å². The monoisotopic (exact) mass is 478 g/mol. The van der Waals surface area contributed by atoms with Crippen LogP contribution in [0.5, 0.6) is 0 Å². The fourth-order valence-corrected chi connectivity index (χ4v) is 9.21. The fourth-order valence-electron chi connectivity index (χ4n) is 9.21. The number of carbonyl (C=O) groups excluding carboxylic acids is 2. The maximum absolute atomic E-state index is 12.4. The topological polar surface area (TPSA) is 119 Å². The molecule has 194 valence electrons. The first kappa shape index (κ1) is 25.9. The number of fused-ring (bicyclic) bond motifs is 5. The molecule has 0 saturated heterocycles. The van der Waals surface area contributed by atoms with Crippen LogP contribution in [-0.4, -0.2) is 45.5 Å². The van der Waals surface area contributed by atoms with Gasteiger partial charge in [-0.2, -0.15) is 0 Å². The van der Waals surface area contributed by atoms with E-state index < -0.39 is 11.9 Å². The third-order valence-corrected chi connectivity index (χ3v) is 11.1. The lowest BCUT2D eigenvalue weighted by Crippen LogP contribution is -2.58. The van der Waals surface area contributed by atoms with Crippen LogP contribution in [0.25, 0.3) is 0 Å². The summed E-state index contributed by atoms with van der Waals surface area (Å²) in [7, 11) is 0. The number of aliphatic hydroxyl groups is 2. The Morgan fingerprint density at radius 1 is 0.971 bits per heavy atom. The Bertz CT molecular complexity index is 776. The lowest BCUT2D eigenvalue weighted by molar-refractivity contribution is -0.174. The van der Waals surface area contributed by atoms with Crippen molar-refractivity contribution in [3.05, 3.63) is 0 Å². The number of hydrogen-bond acceptors (Lipinski definition) is 5. The number of carbonyl (C=O) groups is 2. The first-order chi connectivity index (χ1) is 16.0. The third-order valence-electron chi connectivity index (χ3n) is 11.1. The number of hydroxylamine groups is 1. The van der Waals surface area contributed by atoms with Crippen LogP contribution < -0.4 is 10.8 Å².